The van der Waals surface area contributed by atoms with Crippen molar-refractivity contribution >= 4 is 5.69 Å². The zero-order chi connectivity index (χ0) is 14.6. The molecule has 0 aliphatic carbocycles. The number of nitrogen functional groups attached to an aromatic ring is 1. The Balaban J connectivity index is 2.43. The van der Waals surface area contributed by atoms with Crippen LogP contribution in [0.1, 0.15) is 17.5 Å². The Morgan fingerprint density at radius 3 is 2.25 bits per heavy atom. The lowest BCUT2D eigenvalue weighted by Crippen LogP contribution is -2.31. The minimum absolute atomic E-state index is 0.619. The molecule has 1 atom stereocenters. The molecule has 106 valence electrons. The number of benzene rings is 2. The van der Waals surface area contributed by atoms with Gasteiger partial charge in [-0.05, 0) is 43.8 Å². The summed E-state index contributed by atoms with van der Waals surface area (Å²) in [6.07, 6.45) is 0.619. The largest absolute Gasteiger partial charge is 0.399 e. The van der Waals surface area contributed by atoms with E-state index in [-0.39, 0.29) is 0 Å². The van der Waals surface area contributed by atoms with E-state index in [0.717, 1.165) is 17.7 Å². The Labute approximate surface area is 120 Å². The molecule has 1 unspecified atom stereocenters. The van der Waals surface area contributed by atoms with Crippen molar-refractivity contribution in [2.24, 2.45) is 0 Å². The van der Waals surface area contributed by atoms with Crippen LogP contribution in [0.25, 0.3) is 0 Å². The summed E-state index contributed by atoms with van der Waals surface area (Å²) in [7, 11) is 4.01. The van der Waals surface area contributed by atoms with Gasteiger partial charge in [0.1, 0.15) is 5.60 Å². The number of hydrogen-bond donors (Lipinski definition) is 2. The van der Waals surface area contributed by atoms with Gasteiger partial charge in [-0.3, -0.25) is 0 Å². The van der Waals surface area contributed by atoms with Gasteiger partial charge in [0.2, 0.25) is 0 Å². The van der Waals surface area contributed by atoms with Crippen molar-refractivity contribution in [3.05, 3.63) is 65.7 Å². The molecular formula is C17H22N2O. The van der Waals surface area contributed by atoms with E-state index in [1.807, 2.05) is 68.7 Å². The van der Waals surface area contributed by atoms with Crippen LogP contribution in [0.3, 0.4) is 0 Å². The number of nitrogens with zero attached hydrogens (tertiary/aromatic N) is 1. The summed E-state index contributed by atoms with van der Waals surface area (Å²) >= 11 is 0. The highest BCUT2D eigenvalue weighted by molar-refractivity contribution is 5.46. The summed E-state index contributed by atoms with van der Waals surface area (Å²) < 4.78 is 0. The van der Waals surface area contributed by atoms with E-state index < -0.39 is 5.60 Å². The van der Waals surface area contributed by atoms with E-state index in [2.05, 4.69) is 4.90 Å². The van der Waals surface area contributed by atoms with Gasteiger partial charge in [0.15, 0.2) is 0 Å². The highest BCUT2D eigenvalue weighted by atomic mass is 16.3. The van der Waals surface area contributed by atoms with E-state index in [4.69, 9.17) is 5.73 Å². The topological polar surface area (TPSA) is 49.5 Å². The molecule has 3 N–H and O–H groups in total. The fraction of sp³-hybridized carbons (Fsp3) is 0.294. The van der Waals surface area contributed by atoms with Crippen LogP contribution in [0.2, 0.25) is 0 Å². The first kappa shape index (κ1) is 14.6. The molecule has 2 rings (SSSR count). The van der Waals surface area contributed by atoms with E-state index in [0.29, 0.717) is 12.1 Å². The molecule has 3 heteroatoms. The monoisotopic (exact) mass is 270 g/mol. The number of anilines is 1. The smallest absolute Gasteiger partial charge is 0.116 e. The molecule has 2 aromatic carbocycles. The van der Waals surface area contributed by atoms with Crippen molar-refractivity contribution in [2.75, 3.05) is 26.4 Å². The molecule has 0 saturated carbocycles. The van der Waals surface area contributed by atoms with Crippen LogP contribution in [-0.2, 0) is 5.60 Å². The summed E-state index contributed by atoms with van der Waals surface area (Å²) in [5, 5.41) is 11.2. The first-order valence-electron chi connectivity index (χ1n) is 6.81. The lowest BCUT2D eigenvalue weighted by atomic mass is 9.83. The van der Waals surface area contributed by atoms with Gasteiger partial charge in [0.25, 0.3) is 0 Å². The zero-order valence-electron chi connectivity index (χ0n) is 12.1. The average Bonchev–Trinajstić information content (AvgIpc) is 2.45. The normalized spacial score (nSPS) is 14.2. The number of rotatable bonds is 5. The van der Waals surface area contributed by atoms with E-state index in [1.165, 1.54) is 0 Å². The van der Waals surface area contributed by atoms with Crippen LogP contribution >= 0.6 is 0 Å². The van der Waals surface area contributed by atoms with E-state index >= 15 is 0 Å². The standard InChI is InChI=1S/C17H22N2O/c1-19(2)12-11-17(20,14-7-4-3-5-8-14)15-9-6-10-16(18)13-15/h3-10,13,20H,11-12,18H2,1-2H3. The zero-order valence-corrected chi connectivity index (χ0v) is 12.1. The van der Waals surface area contributed by atoms with Crippen LogP contribution in [-0.4, -0.2) is 30.6 Å². The fourth-order valence-electron chi connectivity index (χ4n) is 2.35. The van der Waals surface area contributed by atoms with Crippen LogP contribution in [0.4, 0.5) is 5.69 Å². The van der Waals surface area contributed by atoms with Crippen molar-refractivity contribution < 1.29 is 5.11 Å². The predicted molar refractivity (Wildman–Crippen MR) is 83.5 cm³/mol. The highest BCUT2D eigenvalue weighted by Crippen LogP contribution is 2.33. The number of aliphatic hydroxyl groups is 1. The van der Waals surface area contributed by atoms with Crippen molar-refractivity contribution in [3.63, 3.8) is 0 Å². The molecule has 0 spiro atoms. The van der Waals surface area contributed by atoms with Gasteiger partial charge >= 0.3 is 0 Å². The Bertz CT molecular complexity index is 554. The van der Waals surface area contributed by atoms with E-state index in [9.17, 15) is 5.11 Å². The second-order valence-electron chi connectivity index (χ2n) is 5.41. The molecule has 0 radical (unpaired) electrons. The van der Waals surface area contributed by atoms with Gasteiger partial charge in [0, 0.05) is 12.2 Å². The predicted octanol–water partition coefficient (Wildman–Crippen LogP) is 2.46. The van der Waals surface area contributed by atoms with Crippen molar-refractivity contribution in [1.82, 2.24) is 4.90 Å². The van der Waals surface area contributed by atoms with Crippen molar-refractivity contribution in [2.45, 2.75) is 12.0 Å². The third-order valence-corrected chi connectivity index (χ3v) is 3.54. The SMILES string of the molecule is CN(C)CCC(O)(c1ccccc1)c1cccc(N)c1. The average molecular weight is 270 g/mol. The van der Waals surface area contributed by atoms with Crippen LogP contribution < -0.4 is 5.73 Å². The summed E-state index contributed by atoms with van der Waals surface area (Å²) in [5.41, 5.74) is 7.26. The molecule has 0 fully saturated rings. The second-order valence-corrected chi connectivity index (χ2v) is 5.41. The molecule has 0 heterocycles. The lowest BCUT2D eigenvalue weighted by molar-refractivity contribution is 0.0629. The summed E-state index contributed by atoms with van der Waals surface area (Å²) in [6.45, 7) is 0.792. The maximum atomic E-state index is 11.2. The molecular weight excluding hydrogens is 248 g/mol. The molecule has 0 saturated heterocycles. The minimum atomic E-state index is -1.01. The molecule has 0 amide bonds. The fourth-order valence-corrected chi connectivity index (χ4v) is 2.35. The molecule has 0 aliphatic heterocycles. The van der Waals surface area contributed by atoms with Gasteiger partial charge < -0.3 is 15.7 Å². The van der Waals surface area contributed by atoms with Gasteiger partial charge in [-0.25, -0.2) is 0 Å². The minimum Gasteiger partial charge on any atom is -0.399 e. The lowest BCUT2D eigenvalue weighted by Gasteiger charge is -2.31. The Morgan fingerprint density at radius 1 is 1.00 bits per heavy atom. The molecule has 20 heavy (non-hydrogen) atoms. The Kier molecular flexibility index (Phi) is 4.42. The summed E-state index contributed by atoms with van der Waals surface area (Å²) in [6, 6.07) is 17.3. The highest BCUT2D eigenvalue weighted by Gasteiger charge is 2.31. The van der Waals surface area contributed by atoms with Crippen LogP contribution in [0, 0.1) is 0 Å². The van der Waals surface area contributed by atoms with Gasteiger partial charge in [0.05, 0.1) is 0 Å². The third kappa shape index (κ3) is 3.18. The summed E-state index contributed by atoms with van der Waals surface area (Å²) in [5.74, 6) is 0. The Morgan fingerprint density at radius 2 is 1.65 bits per heavy atom. The maximum absolute atomic E-state index is 11.2. The second kappa shape index (κ2) is 6.07. The molecule has 3 nitrogen and oxygen atoms in total. The number of hydrogen-bond acceptors (Lipinski definition) is 3. The quantitative estimate of drug-likeness (QED) is 0.821. The molecule has 0 bridgehead atoms. The molecule has 2 aromatic rings. The van der Waals surface area contributed by atoms with Crippen LogP contribution in [0.5, 0.6) is 0 Å². The van der Waals surface area contributed by atoms with Crippen molar-refractivity contribution in [1.29, 1.82) is 0 Å². The van der Waals surface area contributed by atoms with E-state index in [1.54, 1.807) is 0 Å². The number of nitrogens with two attached hydrogens (primary N) is 1. The molecule has 0 aliphatic rings. The van der Waals surface area contributed by atoms with Crippen molar-refractivity contribution in [3.8, 4) is 0 Å². The van der Waals surface area contributed by atoms with Crippen LogP contribution in [0.15, 0.2) is 54.6 Å². The Hall–Kier alpha value is -1.84. The first-order valence-corrected chi connectivity index (χ1v) is 6.81. The van der Waals surface area contributed by atoms with Gasteiger partial charge in [-0.15, -0.1) is 0 Å². The van der Waals surface area contributed by atoms with Gasteiger partial charge in [-0.2, -0.15) is 0 Å². The maximum Gasteiger partial charge on any atom is 0.116 e. The van der Waals surface area contributed by atoms with Gasteiger partial charge in [-0.1, -0.05) is 42.5 Å². The molecule has 0 aromatic heterocycles. The first-order chi connectivity index (χ1) is 9.52. The summed E-state index contributed by atoms with van der Waals surface area (Å²) in [4.78, 5) is 2.07. The third-order valence-electron chi connectivity index (χ3n) is 3.54.